The summed E-state index contributed by atoms with van der Waals surface area (Å²) in [6.45, 7) is 6.62. The molecule has 5 nitrogen and oxygen atoms in total. The number of benzene rings is 1. The number of hydrogen-bond acceptors (Lipinski definition) is 5. The fourth-order valence-electron chi connectivity index (χ4n) is 2.75. The van der Waals surface area contributed by atoms with E-state index in [0.717, 1.165) is 45.7 Å². The molecule has 1 fully saturated rings. The minimum absolute atomic E-state index is 0.578. The van der Waals surface area contributed by atoms with Gasteiger partial charge in [0.05, 0.1) is 22.4 Å². The van der Waals surface area contributed by atoms with Crippen LogP contribution < -0.4 is 0 Å². The lowest BCUT2D eigenvalue weighted by Crippen LogP contribution is -2.03. The van der Waals surface area contributed by atoms with Crippen molar-refractivity contribution < 1.29 is 0 Å². The van der Waals surface area contributed by atoms with Gasteiger partial charge in [0, 0.05) is 18.2 Å². The molecular formula is C18H19N5S. The van der Waals surface area contributed by atoms with E-state index in [9.17, 15) is 0 Å². The van der Waals surface area contributed by atoms with E-state index >= 15 is 0 Å². The molecule has 0 radical (unpaired) electrons. The summed E-state index contributed by atoms with van der Waals surface area (Å²) >= 11 is 1.67. The lowest BCUT2D eigenvalue weighted by Gasteiger charge is -2.08. The summed E-state index contributed by atoms with van der Waals surface area (Å²) < 4.78 is 2.18. The van der Waals surface area contributed by atoms with Gasteiger partial charge in [-0.2, -0.15) is 0 Å². The molecule has 4 rings (SSSR count). The van der Waals surface area contributed by atoms with Crippen molar-refractivity contribution in [3.63, 3.8) is 0 Å². The van der Waals surface area contributed by atoms with Crippen LogP contribution in [0.15, 0.2) is 42.1 Å². The molecule has 24 heavy (non-hydrogen) atoms. The lowest BCUT2D eigenvalue weighted by atomic mass is 10.2. The lowest BCUT2D eigenvalue weighted by molar-refractivity contribution is 0.681. The standard InChI is InChI=1S/C18H19N5S/c1-3-10-23-17(13-8-9-13)21-22-18(23)24-11-16-12(2)19-14-6-4-5-7-15(14)20-16/h3-7,13H,1,8-11H2,2H3. The van der Waals surface area contributed by atoms with E-state index in [2.05, 4.69) is 26.3 Å². The highest BCUT2D eigenvalue weighted by molar-refractivity contribution is 7.98. The molecule has 0 amide bonds. The smallest absolute Gasteiger partial charge is 0.191 e. The third-order valence-corrected chi connectivity index (χ3v) is 5.16. The predicted molar refractivity (Wildman–Crippen MR) is 96.0 cm³/mol. The minimum atomic E-state index is 0.578. The van der Waals surface area contributed by atoms with Gasteiger partial charge in [-0.1, -0.05) is 30.0 Å². The number of thioether (sulfide) groups is 1. The van der Waals surface area contributed by atoms with E-state index < -0.39 is 0 Å². The quantitative estimate of drug-likeness (QED) is 0.504. The molecule has 3 aromatic rings. The van der Waals surface area contributed by atoms with Crippen LogP contribution in [-0.2, 0) is 12.3 Å². The molecule has 122 valence electrons. The number of hydrogen-bond donors (Lipinski definition) is 0. The van der Waals surface area contributed by atoms with Crippen LogP contribution in [0.5, 0.6) is 0 Å². The van der Waals surface area contributed by atoms with Crippen molar-refractivity contribution in [1.82, 2.24) is 24.7 Å². The maximum Gasteiger partial charge on any atom is 0.191 e. The summed E-state index contributed by atoms with van der Waals surface area (Å²) in [5.74, 6) is 2.41. The van der Waals surface area contributed by atoms with Crippen molar-refractivity contribution in [3.8, 4) is 0 Å². The predicted octanol–water partition coefficient (Wildman–Crippen LogP) is 3.89. The second kappa shape index (κ2) is 6.36. The molecule has 0 atom stereocenters. The van der Waals surface area contributed by atoms with E-state index in [4.69, 9.17) is 4.98 Å². The molecule has 0 saturated heterocycles. The van der Waals surface area contributed by atoms with E-state index in [1.807, 2.05) is 37.3 Å². The van der Waals surface area contributed by atoms with Crippen LogP contribution in [0.25, 0.3) is 11.0 Å². The highest BCUT2D eigenvalue weighted by Gasteiger charge is 2.30. The molecule has 6 heteroatoms. The van der Waals surface area contributed by atoms with Gasteiger partial charge in [0.15, 0.2) is 5.16 Å². The molecular weight excluding hydrogens is 318 g/mol. The third-order valence-electron chi connectivity index (χ3n) is 4.18. The van der Waals surface area contributed by atoms with Crippen LogP contribution in [0.1, 0.15) is 36.0 Å². The molecule has 2 aromatic heterocycles. The van der Waals surface area contributed by atoms with Crippen molar-refractivity contribution in [1.29, 1.82) is 0 Å². The number of aryl methyl sites for hydroxylation is 1. The first-order chi connectivity index (χ1) is 11.8. The van der Waals surface area contributed by atoms with Gasteiger partial charge in [0.25, 0.3) is 0 Å². The largest absolute Gasteiger partial charge is 0.302 e. The number of para-hydroxylation sites is 2. The van der Waals surface area contributed by atoms with Gasteiger partial charge in [-0.15, -0.1) is 16.8 Å². The summed E-state index contributed by atoms with van der Waals surface area (Å²) in [6.07, 6.45) is 4.34. The van der Waals surface area contributed by atoms with Crippen molar-refractivity contribution in [3.05, 3.63) is 54.1 Å². The molecule has 2 heterocycles. The summed E-state index contributed by atoms with van der Waals surface area (Å²) in [6, 6.07) is 7.98. The molecule has 0 spiro atoms. The van der Waals surface area contributed by atoms with Gasteiger partial charge in [-0.3, -0.25) is 0 Å². The Bertz CT molecular complexity index is 898. The average Bonchev–Trinajstić information content (AvgIpc) is 3.36. The Kier molecular flexibility index (Phi) is 4.06. The van der Waals surface area contributed by atoms with Gasteiger partial charge >= 0.3 is 0 Å². The first-order valence-corrected chi connectivity index (χ1v) is 9.14. The van der Waals surface area contributed by atoms with Crippen molar-refractivity contribution >= 4 is 22.8 Å². The molecule has 0 N–H and O–H groups in total. The highest BCUT2D eigenvalue weighted by atomic mass is 32.2. The molecule has 1 saturated carbocycles. The monoisotopic (exact) mass is 337 g/mol. The molecule has 0 bridgehead atoms. The maximum atomic E-state index is 4.76. The SMILES string of the molecule is C=CCn1c(SCc2nc3ccccc3nc2C)nnc1C1CC1. The first kappa shape index (κ1) is 15.3. The Hall–Kier alpha value is -2.21. The molecule has 1 aliphatic rings. The van der Waals surface area contributed by atoms with E-state index in [1.165, 1.54) is 12.8 Å². The Morgan fingerprint density at radius 3 is 2.67 bits per heavy atom. The van der Waals surface area contributed by atoms with Crippen LogP contribution >= 0.6 is 11.8 Å². The first-order valence-electron chi connectivity index (χ1n) is 8.15. The van der Waals surface area contributed by atoms with Gasteiger partial charge < -0.3 is 4.57 Å². The van der Waals surface area contributed by atoms with Crippen molar-refractivity contribution in [2.75, 3.05) is 0 Å². The summed E-state index contributed by atoms with van der Waals surface area (Å²) in [5.41, 5.74) is 3.85. The van der Waals surface area contributed by atoms with Gasteiger partial charge in [-0.25, -0.2) is 9.97 Å². The number of nitrogens with zero attached hydrogens (tertiary/aromatic N) is 5. The molecule has 1 aliphatic carbocycles. The van der Waals surface area contributed by atoms with E-state index in [0.29, 0.717) is 5.92 Å². The van der Waals surface area contributed by atoms with Crippen molar-refractivity contribution in [2.24, 2.45) is 0 Å². The van der Waals surface area contributed by atoms with Crippen LogP contribution in [0.4, 0.5) is 0 Å². The number of fused-ring (bicyclic) bond motifs is 1. The third kappa shape index (κ3) is 2.94. The van der Waals surface area contributed by atoms with Gasteiger partial charge in [-0.05, 0) is 31.9 Å². The van der Waals surface area contributed by atoms with E-state index in [1.54, 1.807) is 11.8 Å². The zero-order valence-corrected chi connectivity index (χ0v) is 14.5. The number of rotatable bonds is 6. The van der Waals surface area contributed by atoms with Crippen LogP contribution in [0.2, 0.25) is 0 Å². The Balaban J connectivity index is 1.58. The minimum Gasteiger partial charge on any atom is -0.302 e. The Morgan fingerprint density at radius 1 is 1.21 bits per heavy atom. The van der Waals surface area contributed by atoms with Crippen LogP contribution in [0.3, 0.4) is 0 Å². The zero-order chi connectivity index (χ0) is 16.5. The second-order valence-corrected chi connectivity index (χ2v) is 6.99. The molecule has 0 unspecified atom stereocenters. The maximum absolute atomic E-state index is 4.76. The van der Waals surface area contributed by atoms with Crippen LogP contribution in [-0.4, -0.2) is 24.7 Å². The van der Waals surface area contributed by atoms with E-state index in [-0.39, 0.29) is 0 Å². The fourth-order valence-corrected chi connectivity index (χ4v) is 3.71. The average molecular weight is 337 g/mol. The molecule has 1 aromatic carbocycles. The topological polar surface area (TPSA) is 56.5 Å². The number of aromatic nitrogens is 5. The summed E-state index contributed by atoms with van der Waals surface area (Å²) in [5, 5.41) is 9.71. The van der Waals surface area contributed by atoms with Gasteiger partial charge in [0.1, 0.15) is 5.82 Å². The van der Waals surface area contributed by atoms with Crippen LogP contribution in [0, 0.1) is 6.92 Å². The van der Waals surface area contributed by atoms with Crippen molar-refractivity contribution in [2.45, 2.75) is 43.1 Å². The normalized spacial score (nSPS) is 14.2. The fraction of sp³-hybridized carbons (Fsp3) is 0.333. The summed E-state index contributed by atoms with van der Waals surface area (Å²) in [7, 11) is 0. The Labute approximate surface area is 145 Å². The zero-order valence-electron chi connectivity index (χ0n) is 13.6. The Morgan fingerprint density at radius 2 is 1.96 bits per heavy atom. The van der Waals surface area contributed by atoms with Gasteiger partial charge in [0.2, 0.25) is 0 Å². The second-order valence-electron chi connectivity index (χ2n) is 6.05. The highest BCUT2D eigenvalue weighted by Crippen LogP contribution is 2.40. The molecule has 0 aliphatic heterocycles. The summed E-state index contributed by atoms with van der Waals surface area (Å²) in [4.78, 5) is 9.41. The number of allylic oxidation sites excluding steroid dienone is 1.